The minimum Gasteiger partial charge on any atom is -0.451 e. The predicted octanol–water partition coefficient (Wildman–Crippen LogP) is 3.18. The molecule has 0 aliphatic heterocycles. The van der Waals surface area contributed by atoms with Crippen molar-refractivity contribution >= 4 is 5.91 Å². The van der Waals surface area contributed by atoms with Gasteiger partial charge >= 0.3 is 0 Å². The van der Waals surface area contributed by atoms with E-state index in [1.807, 2.05) is 0 Å². The fourth-order valence-corrected chi connectivity index (χ4v) is 1.72. The van der Waals surface area contributed by atoms with E-state index in [0.29, 0.717) is 5.75 Å². The van der Waals surface area contributed by atoms with Gasteiger partial charge in [0.1, 0.15) is 5.75 Å². The molecule has 0 unspecified atom stereocenters. The molecule has 0 aromatic heterocycles. The number of amides is 1. The van der Waals surface area contributed by atoms with Crippen LogP contribution in [-0.2, 0) is 11.2 Å². The summed E-state index contributed by atoms with van der Waals surface area (Å²) in [6.07, 6.45) is 0.0971. The quantitative estimate of drug-likeness (QED) is 0.912. The Morgan fingerprint density at radius 3 is 2.45 bits per heavy atom. The Bertz CT molecular complexity index is 615. The van der Waals surface area contributed by atoms with Crippen LogP contribution in [0.3, 0.4) is 0 Å². The van der Waals surface area contributed by atoms with Crippen LogP contribution in [0, 0.1) is 11.6 Å². The van der Waals surface area contributed by atoms with Gasteiger partial charge in [-0.25, -0.2) is 8.78 Å². The maximum Gasteiger partial charge on any atom is 0.217 e. The van der Waals surface area contributed by atoms with Gasteiger partial charge in [-0.1, -0.05) is 24.3 Å². The van der Waals surface area contributed by atoms with Crippen LogP contribution in [0.25, 0.3) is 0 Å². The fraction of sp³-hybridized carbons (Fsp3) is 0.133. The Morgan fingerprint density at radius 1 is 1.10 bits per heavy atom. The summed E-state index contributed by atoms with van der Waals surface area (Å²) >= 11 is 0. The number of halogens is 2. The molecular weight excluding hydrogens is 264 g/mol. The molecule has 0 saturated carbocycles. The number of rotatable bonds is 5. The minimum absolute atomic E-state index is 0.00662. The Balaban J connectivity index is 2.27. The molecule has 2 N–H and O–H groups in total. The second kappa shape index (κ2) is 6.14. The molecule has 0 aliphatic carbocycles. The van der Waals surface area contributed by atoms with Crippen molar-refractivity contribution in [2.24, 2.45) is 5.73 Å². The monoisotopic (exact) mass is 277 g/mol. The minimum atomic E-state index is -0.810. The summed E-state index contributed by atoms with van der Waals surface area (Å²) in [7, 11) is 0. The highest BCUT2D eigenvalue weighted by molar-refractivity contribution is 5.74. The molecule has 2 aromatic carbocycles. The molecule has 0 atom stereocenters. The highest BCUT2D eigenvalue weighted by Crippen LogP contribution is 2.29. The molecule has 0 bridgehead atoms. The number of benzene rings is 2. The van der Waals surface area contributed by atoms with Gasteiger partial charge in [-0.2, -0.15) is 0 Å². The summed E-state index contributed by atoms with van der Waals surface area (Å²) in [5.41, 5.74) is 5.21. The molecule has 2 aromatic rings. The zero-order valence-corrected chi connectivity index (χ0v) is 10.6. The van der Waals surface area contributed by atoms with Crippen LogP contribution in [-0.4, -0.2) is 5.91 Å². The van der Waals surface area contributed by atoms with E-state index in [0.717, 1.165) is 6.07 Å². The summed E-state index contributed by atoms with van der Waals surface area (Å²) in [4.78, 5) is 10.7. The van der Waals surface area contributed by atoms with Crippen LogP contribution in [0.15, 0.2) is 42.5 Å². The number of nitrogens with two attached hydrogens (primary N) is 1. The van der Waals surface area contributed by atoms with Crippen LogP contribution in [0.1, 0.15) is 12.0 Å². The lowest BCUT2D eigenvalue weighted by molar-refractivity contribution is -0.117. The summed E-state index contributed by atoms with van der Waals surface area (Å²) in [5.74, 6) is -2.29. The van der Waals surface area contributed by atoms with Gasteiger partial charge in [0.2, 0.25) is 5.91 Å². The normalized spacial score (nSPS) is 10.3. The van der Waals surface area contributed by atoms with Crippen molar-refractivity contribution in [3.63, 3.8) is 0 Å². The molecule has 0 spiro atoms. The number of primary amides is 1. The molecule has 0 fully saturated rings. The third-order valence-electron chi connectivity index (χ3n) is 2.73. The number of aryl methyl sites for hydroxylation is 1. The summed E-state index contributed by atoms with van der Waals surface area (Å²) in [5, 5.41) is 0. The van der Waals surface area contributed by atoms with Crippen molar-refractivity contribution in [3.05, 3.63) is 59.7 Å². The SMILES string of the molecule is NC(=O)CCc1ccc(F)c(Oc2ccccc2)c1F. The molecule has 3 nitrogen and oxygen atoms in total. The van der Waals surface area contributed by atoms with Gasteiger partial charge in [-0.3, -0.25) is 4.79 Å². The largest absolute Gasteiger partial charge is 0.451 e. The first-order chi connectivity index (χ1) is 9.58. The van der Waals surface area contributed by atoms with Gasteiger partial charge in [0.05, 0.1) is 0 Å². The molecule has 5 heteroatoms. The topological polar surface area (TPSA) is 52.3 Å². The maximum atomic E-state index is 14.2. The molecule has 104 valence electrons. The molecule has 0 aliphatic rings. The average Bonchev–Trinajstić information content (AvgIpc) is 2.43. The number of carbonyl (C=O) groups is 1. The lowest BCUT2D eigenvalue weighted by atomic mass is 10.1. The van der Waals surface area contributed by atoms with E-state index in [1.54, 1.807) is 30.3 Å². The van der Waals surface area contributed by atoms with Gasteiger partial charge in [-0.15, -0.1) is 0 Å². The van der Waals surface area contributed by atoms with Crippen molar-refractivity contribution in [1.29, 1.82) is 0 Å². The highest BCUT2D eigenvalue weighted by Gasteiger charge is 2.16. The molecule has 20 heavy (non-hydrogen) atoms. The van der Waals surface area contributed by atoms with E-state index in [1.165, 1.54) is 6.07 Å². The van der Waals surface area contributed by atoms with E-state index in [-0.39, 0.29) is 18.4 Å². The second-order valence-corrected chi connectivity index (χ2v) is 4.23. The van der Waals surface area contributed by atoms with Crippen LogP contribution in [0.5, 0.6) is 11.5 Å². The van der Waals surface area contributed by atoms with Crippen LogP contribution in [0.4, 0.5) is 8.78 Å². The Hall–Kier alpha value is -2.43. The fourth-order valence-electron chi connectivity index (χ4n) is 1.72. The van der Waals surface area contributed by atoms with E-state index in [9.17, 15) is 13.6 Å². The number of carbonyl (C=O) groups excluding carboxylic acids is 1. The lowest BCUT2D eigenvalue weighted by Gasteiger charge is -2.10. The van der Waals surface area contributed by atoms with Gasteiger partial charge in [0.15, 0.2) is 17.4 Å². The molecule has 2 rings (SSSR count). The molecular formula is C15H13F2NO2. The molecule has 0 heterocycles. The molecule has 1 amide bonds. The first-order valence-electron chi connectivity index (χ1n) is 6.06. The Kier molecular flexibility index (Phi) is 4.30. The number of hydrogen-bond acceptors (Lipinski definition) is 2. The van der Waals surface area contributed by atoms with Gasteiger partial charge in [0, 0.05) is 6.42 Å². The number of ether oxygens (including phenoxy) is 1. The molecule has 0 saturated heterocycles. The van der Waals surface area contributed by atoms with Gasteiger partial charge in [0.25, 0.3) is 0 Å². The van der Waals surface area contributed by atoms with E-state index in [4.69, 9.17) is 10.5 Å². The zero-order chi connectivity index (χ0) is 14.5. The van der Waals surface area contributed by atoms with Crippen molar-refractivity contribution in [1.82, 2.24) is 0 Å². The van der Waals surface area contributed by atoms with Crippen molar-refractivity contribution in [2.75, 3.05) is 0 Å². The van der Waals surface area contributed by atoms with E-state index < -0.39 is 23.3 Å². The molecule has 0 radical (unpaired) electrons. The second-order valence-electron chi connectivity index (χ2n) is 4.23. The van der Waals surface area contributed by atoms with Gasteiger partial charge in [-0.05, 0) is 30.2 Å². The smallest absolute Gasteiger partial charge is 0.217 e. The number of para-hydroxylation sites is 1. The average molecular weight is 277 g/mol. The van der Waals surface area contributed by atoms with E-state index >= 15 is 0 Å². The third-order valence-corrected chi connectivity index (χ3v) is 2.73. The first kappa shape index (κ1) is 14.0. The van der Waals surface area contributed by atoms with Crippen molar-refractivity contribution in [2.45, 2.75) is 12.8 Å². The first-order valence-corrected chi connectivity index (χ1v) is 6.06. The summed E-state index contributed by atoms with van der Waals surface area (Å²) < 4.78 is 33.0. The number of hydrogen-bond donors (Lipinski definition) is 1. The highest BCUT2D eigenvalue weighted by atomic mass is 19.1. The predicted molar refractivity (Wildman–Crippen MR) is 70.4 cm³/mol. The summed E-state index contributed by atoms with van der Waals surface area (Å²) in [6.45, 7) is 0. The third kappa shape index (κ3) is 3.32. The Labute approximate surface area is 115 Å². The summed E-state index contributed by atoms with van der Waals surface area (Å²) in [6, 6.07) is 10.7. The lowest BCUT2D eigenvalue weighted by Crippen LogP contribution is -2.12. The van der Waals surface area contributed by atoms with Crippen LogP contribution in [0.2, 0.25) is 0 Å². The Morgan fingerprint density at radius 2 is 1.80 bits per heavy atom. The maximum absolute atomic E-state index is 14.2. The van der Waals surface area contributed by atoms with Crippen LogP contribution < -0.4 is 10.5 Å². The van der Waals surface area contributed by atoms with Gasteiger partial charge < -0.3 is 10.5 Å². The zero-order valence-electron chi connectivity index (χ0n) is 10.6. The van der Waals surface area contributed by atoms with Crippen molar-refractivity contribution in [3.8, 4) is 11.5 Å². The standard InChI is InChI=1S/C15H13F2NO2/c16-12-8-6-10(7-9-13(18)19)14(17)15(12)20-11-4-2-1-3-5-11/h1-6,8H,7,9H2,(H2,18,19). The van der Waals surface area contributed by atoms with E-state index in [2.05, 4.69) is 0 Å². The van der Waals surface area contributed by atoms with Crippen LogP contribution >= 0.6 is 0 Å². The van der Waals surface area contributed by atoms with Crippen molar-refractivity contribution < 1.29 is 18.3 Å².